The van der Waals surface area contributed by atoms with Crippen LogP contribution in [0, 0.1) is 0 Å². The molecular formula is C22H26N6O2. The number of benzene rings is 1. The van der Waals surface area contributed by atoms with Crippen molar-refractivity contribution in [2.45, 2.75) is 32.0 Å². The van der Waals surface area contributed by atoms with Gasteiger partial charge < -0.3 is 19.3 Å². The quantitative estimate of drug-likeness (QED) is 0.619. The van der Waals surface area contributed by atoms with E-state index in [0.29, 0.717) is 24.4 Å². The zero-order valence-corrected chi connectivity index (χ0v) is 17.2. The largest absolute Gasteiger partial charge is 0.474 e. The van der Waals surface area contributed by atoms with Crippen molar-refractivity contribution in [1.29, 1.82) is 0 Å². The molecule has 0 unspecified atom stereocenters. The van der Waals surface area contributed by atoms with E-state index in [1.807, 2.05) is 6.07 Å². The van der Waals surface area contributed by atoms with Gasteiger partial charge in [0.15, 0.2) is 5.82 Å². The Morgan fingerprint density at radius 1 is 1.00 bits per heavy atom. The van der Waals surface area contributed by atoms with Gasteiger partial charge in [0.2, 0.25) is 5.88 Å². The SMILES string of the molecule is COCc1nccc(N2CCN(c3ccc4ncnc(OC5CCC5)c4c3)CC2)n1. The Hall–Kier alpha value is -3.00. The van der Waals surface area contributed by atoms with Crippen LogP contribution in [-0.4, -0.2) is 59.3 Å². The van der Waals surface area contributed by atoms with Gasteiger partial charge in [0, 0.05) is 45.2 Å². The van der Waals surface area contributed by atoms with Crippen LogP contribution < -0.4 is 14.5 Å². The van der Waals surface area contributed by atoms with Crippen molar-refractivity contribution in [1.82, 2.24) is 19.9 Å². The molecule has 0 spiro atoms. The van der Waals surface area contributed by atoms with Crippen LogP contribution in [0.25, 0.3) is 10.9 Å². The smallest absolute Gasteiger partial charge is 0.224 e. The number of rotatable bonds is 6. The molecule has 1 saturated heterocycles. The third kappa shape index (κ3) is 3.87. The third-order valence-electron chi connectivity index (χ3n) is 5.85. The number of aromatic nitrogens is 4. The molecule has 1 aliphatic carbocycles. The first-order valence-electron chi connectivity index (χ1n) is 10.5. The maximum absolute atomic E-state index is 6.11. The van der Waals surface area contributed by atoms with Gasteiger partial charge in [-0.3, -0.25) is 0 Å². The van der Waals surface area contributed by atoms with Crippen molar-refractivity contribution in [2.75, 3.05) is 43.1 Å². The predicted octanol–water partition coefficient (Wildman–Crippen LogP) is 2.82. The molecule has 3 heterocycles. The summed E-state index contributed by atoms with van der Waals surface area (Å²) in [6.45, 7) is 4.07. The zero-order valence-electron chi connectivity index (χ0n) is 17.2. The van der Waals surface area contributed by atoms with Crippen molar-refractivity contribution in [2.24, 2.45) is 0 Å². The molecule has 1 aromatic carbocycles. The van der Waals surface area contributed by atoms with E-state index < -0.39 is 0 Å². The fraction of sp³-hybridized carbons (Fsp3) is 0.455. The summed E-state index contributed by atoms with van der Waals surface area (Å²) in [5, 5.41) is 0.990. The van der Waals surface area contributed by atoms with Crippen molar-refractivity contribution < 1.29 is 9.47 Å². The van der Waals surface area contributed by atoms with Crippen LogP contribution in [0.15, 0.2) is 36.8 Å². The van der Waals surface area contributed by atoms with Gasteiger partial charge in [0.05, 0.1) is 10.9 Å². The highest BCUT2D eigenvalue weighted by molar-refractivity contribution is 5.86. The number of nitrogens with zero attached hydrogens (tertiary/aromatic N) is 6. The highest BCUT2D eigenvalue weighted by Gasteiger charge is 2.22. The molecule has 30 heavy (non-hydrogen) atoms. The van der Waals surface area contributed by atoms with E-state index in [0.717, 1.165) is 55.7 Å². The van der Waals surface area contributed by atoms with Crippen LogP contribution in [0.2, 0.25) is 0 Å². The second-order valence-corrected chi connectivity index (χ2v) is 7.79. The predicted molar refractivity (Wildman–Crippen MR) is 115 cm³/mol. The first-order chi connectivity index (χ1) is 14.8. The van der Waals surface area contributed by atoms with Gasteiger partial charge in [0.1, 0.15) is 24.9 Å². The number of fused-ring (bicyclic) bond motifs is 1. The maximum Gasteiger partial charge on any atom is 0.224 e. The van der Waals surface area contributed by atoms with Crippen molar-refractivity contribution in [3.05, 3.63) is 42.6 Å². The Labute approximate surface area is 175 Å². The van der Waals surface area contributed by atoms with Crippen molar-refractivity contribution >= 4 is 22.4 Å². The maximum atomic E-state index is 6.11. The van der Waals surface area contributed by atoms with E-state index in [2.05, 4.69) is 47.9 Å². The average Bonchev–Trinajstić information content (AvgIpc) is 2.76. The summed E-state index contributed by atoms with van der Waals surface area (Å²) < 4.78 is 11.3. The summed E-state index contributed by atoms with van der Waals surface area (Å²) in [7, 11) is 1.66. The molecule has 8 nitrogen and oxygen atoms in total. The van der Waals surface area contributed by atoms with E-state index in [4.69, 9.17) is 9.47 Å². The summed E-state index contributed by atoms with van der Waals surface area (Å²) in [6.07, 6.45) is 7.16. The Balaban J connectivity index is 1.31. The van der Waals surface area contributed by atoms with E-state index >= 15 is 0 Å². The van der Waals surface area contributed by atoms with Crippen LogP contribution >= 0.6 is 0 Å². The molecule has 2 aliphatic rings. The number of piperazine rings is 1. The minimum atomic E-state index is 0.297. The Morgan fingerprint density at radius 3 is 2.60 bits per heavy atom. The summed E-state index contributed by atoms with van der Waals surface area (Å²) in [6, 6.07) is 8.33. The van der Waals surface area contributed by atoms with Gasteiger partial charge in [-0.15, -0.1) is 0 Å². The van der Waals surface area contributed by atoms with E-state index in [1.165, 1.54) is 12.1 Å². The summed E-state index contributed by atoms with van der Waals surface area (Å²) in [5.74, 6) is 2.38. The molecule has 1 aliphatic heterocycles. The lowest BCUT2D eigenvalue weighted by Gasteiger charge is -2.37. The topological polar surface area (TPSA) is 76.5 Å². The number of methoxy groups -OCH3 is 1. The molecule has 0 amide bonds. The fourth-order valence-corrected chi connectivity index (χ4v) is 3.91. The lowest BCUT2D eigenvalue weighted by Crippen LogP contribution is -2.46. The summed E-state index contributed by atoms with van der Waals surface area (Å²) >= 11 is 0. The lowest BCUT2D eigenvalue weighted by atomic mass is 9.96. The molecule has 0 N–H and O–H groups in total. The van der Waals surface area contributed by atoms with Crippen LogP contribution in [0.4, 0.5) is 11.5 Å². The molecule has 156 valence electrons. The fourth-order valence-electron chi connectivity index (χ4n) is 3.91. The van der Waals surface area contributed by atoms with E-state index in [1.54, 1.807) is 19.6 Å². The van der Waals surface area contributed by atoms with Gasteiger partial charge in [0.25, 0.3) is 0 Å². The monoisotopic (exact) mass is 406 g/mol. The summed E-state index contributed by atoms with van der Waals surface area (Å²) in [4.78, 5) is 22.4. The second-order valence-electron chi connectivity index (χ2n) is 7.79. The van der Waals surface area contributed by atoms with Gasteiger partial charge in [-0.2, -0.15) is 0 Å². The summed E-state index contributed by atoms with van der Waals surface area (Å²) in [5.41, 5.74) is 2.10. The molecule has 3 aromatic rings. The van der Waals surface area contributed by atoms with E-state index in [-0.39, 0.29) is 0 Å². The molecule has 2 fully saturated rings. The van der Waals surface area contributed by atoms with Crippen molar-refractivity contribution in [3.63, 3.8) is 0 Å². The van der Waals surface area contributed by atoms with Crippen LogP contribution in [0.3, 0.4) is 0 Å². The number of hydrogen-bond donors (Lipinski definition) is 0. The molecule has 0 atom stereocenters. The normalized spacial score (nSPS) is 17.2. The first kappa shape index (κ1) is 19.0. The van der Waals surface area contributed by atoms with E-state index in [9.17, 15) is 0 Å². The lowest BCUT2D eigenvalue weighted by molar-refractivity contribution is 0.116. The number of anilines is 2. The first-order valence-corrected chi connectivity index (χ1v) is 10.5. The van der Waals surface area contributed by atoms with Gasteiger partial charge in [-0.1, -0.05) is 0 Å². The standard InChI is InChI=1S/C22H26N6O2/c1-29-14-20-23-8-7-21(26-20)28-11-9-27(10-12-28)16-5-6-19-18(13-16)22(25-15-24-19)30-17-3-2-4-17/h5-8,13,15,17H,2-4,9-12,14H2,1H3. The molecule has 0 bridgehead atoms. The van der Waals surface area contributed by atoms with Crippen LogP contribution in [0.5, 0.6) is 5.88 Å². The molecule has 2 aromatic heterocycles. The zero-order chi connectivity index (χ0) is 20.3. The van der Waals surface area contributed by atoms with Crippen LogP contribution in [0.1, 0.15) is 25.1 Å². The Bertz CT molecular complexity index is 1020. The average molecular weight is 406 g/mol. The highest BCUT2D eigenvalue weighted by atomic mass is 16.5. The van der Waals surface area contributed by atoms with Gasteiger partial charge >= 0.3 is 0 Å². The number of hydrogen-bond acceptors (Lipinski definition) is 8. The molecule has 5 rings (SSSR count). The van der Waals surface area contributed by atoms with Crippen molar-refractivity contribution in [3.8, 4) is 5.88 Å². The highest BCUT2D eigenvalue weighted by Crippen LogP contribution is 2.31. The molecule has 8 heteroatoms. The molecule has 0 radical (unpaired) electrons. The van der Waals surface area contributed by atoms with Crippen LogP contribution in [-0.2, 0) is 11.3 Å². The second kappa shape index (κ2) is 8.39. The minimum Gasteiger partial charge on any atom is -0.474 e. The molecular weight excluding hydrogens is 380 g/mol. The van der Waals surface area contributed by atoms with Gasteiger partial charge in [-0.05, 0) is 43.5 Å². The third-order valence-corrected chi connectivity index (χ3v) is 5.85. The Morgan fingerprint density at radius 2 is 1.83 bits per heavy atom. The van der Waals surface area contributed by atoms with Gasteiger partial charge in [-0.25, -0.2) is 19.9 Å². The molecule has 1 saturated carbocycles. The minimum absolute atomic E-state index is 0.297. The number of ether oxygens (including phenoxy) is 2. The Kier molecular flexibility index (Phi) is 5.31.